The van der Waals surface area contributed by atoms with E-state index in [1.165, 1.54) is 25.7 Å². The van der Waals surface area contributed by atoms with Crippen molar-refractivity contribution in [3.63, 3.8) is 0 Å². The minimum Gasteiger partial charge on any atom is -0.314 e. The topological polar surface area (TPSA) is 46.2 Å². The first kappa shape index (κ1) is 18.0. The summed E-state index contributed by atoms with van der Waals surface area (Å²) in [5.41, 5.74) is 0. The lowest BCUT2D eigenvalue weighted by atomic mass is 9.76. The molecule has 4 heteroatoms. The molecule has 1 saturated carbocycles. The SMILES string of the molecule is CCCNC1CCC(CC)CC1CCS(=O)(=O)CCC. The Balaban J connectivity index is 2.54. The van der Waals surface area contributed by atoms with Crippen molar-refractivity contribution < 1.29 is 8.42 Å². The van der Waals surface area contributed by atoms with Crippen LogP contribution in [-0.2, 0) is 9.84 Å². The number of sulfone groups is 1. The van der Waals surface area contributed by atoms with Gasteiger partial charge in [-0.05, 0) is 56.9 Å². The fraction of sp³-hybridized carbons (Fsp3) is 1.00. The zero-order chi connectivity index (χ0) is 15.0. The van der Waals surface area contributed by atoms with Crippen LogP contribution in [0.3, 0.4) is 0 Å². The third-order valence-electron chi connectivity index (χ3n) is 4.64. The Morgan fingerprint density at radius 1 is 1.05 bits per heavy atom. The van der Waals surface area contributed by atoms with Crippen LogP contribution in [0.5, 0.6) is 0 Å². The molecular weight excluding hydrogens is 270 g/mol. The molecular formula is C16H33NO2S. The highest BCUT2D eigenvalue weighted by Gasteiger charge is 2.30. The maximum atomic E-state index is 11.9. The Bertz CT molecular complexity index is 353. The first-order valence-electron chi connectivity index (χ1n) is 8.46. The van der Waals surface area contributed by atoms with Crippen LogP contribution < -0.4 is 5.32 Å². The fourth-order valence-electron chi connectivity index (χ4n) is 3.39. The van der Waals surface area contributed by atoms with Crippen LogP contribution in [0.15, 0.2) is 0 Å². The van der Waals surface area contributed by atoms with Crippen LogP contribution in [0, 0.1) is 11.8 Å². The molecule has 3 atom stereocenters. The van der Waals surface area contributed by atoms with E-state index in [-0.39, 0.29) is 0 Å². The van der Waals surface area contributed by atoms with E-state index >= 15 is 0 Å². The third-order valence-corrected chi connectivity index (χ3v) is 6.53. The van der Waals surface area contributed by atoms with Crippen molar-refractivity contribution in [3.05, 3.63) is 0 Å². The summed E-state index contributed by atoms with van der Waals surface area (Å²) in [6, 6.07) is 0.537. The summed E-state index contributed by atoms with van der Waals surface area (Å²) in [4.78, 5) is 0. The highest BCUT2D eigenvalue weighted by Crippen LogP contribution is 2.33. The van der Waals surface area contributed by atoms with E-state index in [0.29, 0.717) is 23.5 Å². The predicted molar refractivity (Wildman–Crippen MR) is 86.8 cm³/mol. The van der Waals surface area contributed by atoms with Crippen LogP contribution in [-0.4, -0.2) is 32.5 Å². The number of rotatable bonds is 9. The van der Waals surface area contributed by atoms with Crippen LogP contribution in [0.1, 0.15) is 65.7 Å². The summed E-state index contributed by atoms with van der Waals surface area (Å²) >= 11 is 0. The van der Waals surface area contributed by atoms with Crippen molar-refractivity contribution in [2.45, 2.75) is 71.8 Å². The van der Waals surface area contributed by atoms with Gasteiger partial charge in [0.05, 0.1) is 5.75 Å². The van der Waals surface area contributed by atoms with Crippen molar-refractivity contribution in [1.82, 2.24) is 5.32 Å². The normalized spacial score (nSPS) is 27.6. The van der Waals surface area contributed by atoms with Gasteiger partial charge in [0.1, 0.15) is 9.84 Å². The Kier molecular flexibility index (Phi) is 8.11. The highest BCUT2D eigenvalue weighted by atomic mass is 32.2. The lowest BCUT2D eigenvalue weighted by Gasteiger charge is -2.36. The third kappa shape index (κ3) is 6.13. The minimum absolute atomic E-state index is 0.351. The van der Waals surface area contributed by atoms with Crippen LogP contribution >= 0.6 is 0 Å². The predicted octanol–water partition coefficient (Wildman–Crippen LogP) is 3.40. The number of nitrogens with one attached hydrogen (secondary N) is 1. The van der Waals surface area contributed by atoms with Gasteiger partial charge in [-0.1, -0.05) is 27.2 Å². The molecule has 0 saturated heterocycles. The molecule has 0 heterocycles. The lowest BCUT2D eigenvalue weighted by molar-refractivity contribution is 0.195. The zero-order valence-corrected chi connectivity index (χ0v) is 14.3. The Morgan fingerprint density at radius 2 is 1.80 bits per heavy atom. The zero-order valence-electron chi connectivity index (χ0n) is 13.5. The molecule has 1 aliphatic rings. The smallest absolute Gasteiger partial charge is 0.150 e. The quantitative estimate of drug-likeness (QED) is 0.710. The van der Waals surface area contributed by atoms with Gasteiger partial charge in [-0.25, -0.2) is 8.42 Å². The van der Waals surface area contributed by atoms with E-state index in [1.54, 1.807) is 0 Å². The molecule has 0 radical (unpaired) electrons. The molecule has 120 valence electrons. The summed E-state index contributed by atoms with van der Waals surface area (Å²) in [6.45, 7) is 7.44. The average molecular weight is 304 g/mol. The van der Waals surface area contributed by atoms with E-state index in [9.17, 15) is 8.42 Å². The van der Waals surface area contributed by atoms with Gasteiger partial charge in [-0.2, -0.15) is 0 Å². The maximum Gasteiger partial charge on any atom is 0.150 e. The molecule has 0 spiro atoms. The Morgan fingerprint density at radius 3 is 2.40 bits per heavy atom. The maximum absolute atomic E-state index is 11.9. The van der Waals surface area contributed by atoms with E-state index in [1.807, 2.05) is 6.92 Å². The van der Waals surface area contributed by atoms with Gasteiger partial charge in [-0.3, -0.25) is 0 Å². The highest BCUT2D eigenvalue weighted by molar-refractivity contribution is 7.91. The Hall–Kier alpha value is -0.0900. The van der Waals surface area contributed by atoms with Crippen molar-refractivity contribution in [3.8, 4) is 0 Å². The molecule has 0 aromatic heterocycles. The van der Waals surface area contributed by atoms with Crippen LogP contribution in [0.4, 0.5) is 0 Å². The minimum atomic E-state index is -2.83. The van der Waals surface area contributed by atoms with E-state index in [2.05, 4.69) is 19.2 Å². The van der Waals surface area contributed by atoms with Gasteiger partial charge in [0.25, 0.3) is 0 Å². The molecule has 1 aliphatic carbocycles. The van der Waals surface area contributed by atoms with Crippen molar-refractivity contribution >= 4 is 9.84 Å². The largest absolute Gasteiger partial charge is 0.314 e. The first-order chi connectivity index (χ1) is 9.52. The standard InChI is InChI=1S/C16H33NO2S/c1-4-10-17-16-8-7-14(6-3)13-15(16)9-12-20(18,19)11-5-2/h14-17H,4-13H2,1-3H3. The summed E-state index contributed by atoms with van der Waals surface area (Å²) in [6.07, 6.45) is 7.70. The van der Waals surface area contributed by atoms with Gasteiger partial charge in [-0.15, -0.1) is 0 Å². The summed E-state index contributed by atoms with van der Waals surface area (Å²) in [5, 5.41) is 3.64. The summed E-state index contributed by atoms with van der Waals surface area (Å²) in [7, 11) is -2.83. The van der Waals surface area contributed by atoms with E-state index in [4.69, 9.17) is 0 Å². The van der Waals surface area contributed by atoms with Crippen LogP contribution in [0.25, 0.3) is 0 Å². The van der Waals surface area contributed by atoms with Crippen LogP contribution in [0.2, 0.25) is 0 Å². The number of hydrogen-bond acceptors (Lipinski definition) is 3. The van der Waals surface area contributed by atoms with Crippen molar-refractivity contribution in [1.29, 1.82) is 0 Å². The molecule has 1 N–H and O–H groups in total. The molecule has 0 aromatic carbocycles. The van der Waals surface area contributed by atoms with Crippen molar-refractivity contribution in [2.24, 2.45) is 11.8 Å². The molecule has 1 fully saturated rings. The monoisotopic (exact) mass is 303 g/mol. The fourth-order valence-corrected chi connectivity index (χ4v) is 4.88. The first-order valence-corrected chi connectivity index (χ1v) is 10.3. The van der Waals surface area contributed by atoms with Crippen molar-refractivity contribution in [2.75, 3.05) is 18.1 Å². The van der Waals surface area contributed by atoms with Gasteiger partial charge in [0, 0.05) is 11.8 Å². The molecule has 0 aromatic rings. The molecule has 0 bridgehead atoms. The second-order valence-corrected chi connectivity index (χ2v) is 8.65. The summed E-state index contributed by atoms with van der Waals surface area (Å²) in [5.74, 6) is 2.08. The van der Waals surface area contributed by atoms with E-state index in [0.717, 1.165) is 31.7 Å². The Labute approximate surface area is 125 Å². The molecule has 3 nitrogen and oxygen atoms in total. The van der Waals surface area contributed by atoms with E-state index < -0.39 is 9.84 Å². The molecule has 0 amide bonds. The summed E-state index contributed by atoms with van der Waals surface area (Å²) < 4.78 is 23.8. The van der Waals surface area contributed by atoms with Gasteiger partial charge < -0.3 is 5.32 Å². The number of hydrogen-bond donors (Lipinski definition) is 1. The second kappa shape index (κ2) is 9.04. The van der Waals surface area contributed by atoms with Gasteiger partial charge in [0.15, 0.2) is 0 Å². The van der Waals surface area contributed by atoms with Gasteiger partial charge in [0.2, 0.25) is 0 Å². The van der Waals surface area contributed by atoms with Gasteiger partial charge >= 0.3 is 0 Å². The molecule has 20 heavy (non-hydrogen) atoms. The molecule has 0 aliphatic heterocycles. The molecule has 1 rings (SSSR count). The second-order valence-electron chi connectivity index (χ2n) is 6.35. The lowest BCUT2D eigenvalue weighted by Crippen LogP contribution is -2.41. The molecule has 3 unspecified atom stereocenters. The average Bonchev–Trinajstić information content (AvgIpc) is 2.43.